The molecule has 1 aliphatic carbocycles. The lowest BCUT2D eigenvalue weighted by molar-refractivity contribution is -0.152. The zero-order valence-electron chi connectivity index (χ0n) is 11.6. The Morgan fingerprint density at radius 2 is 2.26 bits per heavy atom. The van der Waals surface area contributed by atoms with E-state index in [9.17, 15) is 9.18 Å². The van der Waals surface area contributed by atoms with Gasteiger partial charge in [0.05, 0.1) is 6.61 Å². The van der Waals surface area contributed by atoms with Crippen LogP contribution in [0.1, 0.15) is 38.3 Å². The summed E-state index contributed by atoms with van der Waals surface area (Å²) in [5.41, 5.74) is 0.449. The number of fused-ring (bicyclic) bond motifs is 1. The third kappa shape index (κ3) is 2.37. The second-order valence-corrected chi connectivity index (χ2v) is 5.19. The van der Waals surface area contributed by atoms with Crippen LogP contribution < -0.4 is 5.32 Å². The molecule has 1 aromatic rings. The van der Waals surface area contributed by atoms with Crippen LogP contribution in [0.25, 0.3) is 0 Å². The average Bonchev–Trinajstić information content (AvgIpc) is 2.71. The summed E-state index contributed by atoms with van der Waals surface area (Å²) < 4.78 is 19.0. The lowest BCUT2D eigenvalue weighted by Gasteiger charge is -2.31. The number of ether oxygens (including phenoxy) is 1. The normalized spacial score (nSPS) is 21.5. The summed E-state index contributed by atoms with van der Waals surface area (Å²) in [6.07, 6.45) is 1.10. The molecule has 19 heavy (non-hydrogen) atoms. The Morgan fingerprint density at radius 3 is 2.89 bits per heavy atom. The van der Waals surface area contributed by atoms with E-state index in [2.05, 4.69) is 5.32 Å². The molecule has 1 aromatic carbocycles. The first kappa shape index (κ1) is 14.0. The van der Waals surface area contributed by atoms with Gasteiger partial charge in [-0.1, -0.05) is 12.1 Å². The van der Waals surface area contributed by atoms with E-state index >= 15 is 0 Å². The van der Waals surface area contributed by atoms with Crippen molar-refractivity contribution in [3.05, 3.63) is 35.1 Å². The van der Waals surface area contributed by atoms with Crippen molar-refractivity contribution >= 4 is 5.97 Å². The summed E-state index contributed by atoms with van der Waals surface area (Å²) in [5.74, 6) is -0.553. The summed E-state index contributed by atoms with van der Waals surface area (Å²) >= 11 is 0. The minimum atomic E-state index is -0.901. The number of nitrogens with one attached hydrogen (secondary N) is 1. The summed E-state index contributed by atoms with van der Waals surface area (Å²) in [6.45, 7) is 6.05. The van der Waals surface area contributed by atoms with Crippen molar-refractivity contribution in [2.24, 2.45) is 0 Å². The molecule has 0 aromatic heterocycles. The fourth-order valence-electron chi connectivity index (χ4n) is 2.83. The number of hydrogen-bond acceptors (Lipinski definition) is 3. The quantitative estimate of drug-likeness (QED) is 0.850. The highest BCUT2D eigenvalue weighted by molar-refractivity contribution is 5.84. The van der Waals surface area contributed by atoms with Gasteiger partial charge in [0.15, 0.2) is 0 Å². The van der Waals surface area contributed by atoms with Gasteiger partial charge in [0, 0.05) is 6.04 Å². The fraction of sp³-hybridized carbons (Fsp3) is 0.533. The molecule has 0 radical (unpaired) electrons. The Hall–Kier alpha value is -1.42. The molecule has 0 heterocycles. The summed E-state index contributed by atoms with van der Waals surface area (Å²) in [7, 11) is 0. The van der Waals surface area contributed by atoms with Crippen molar-refractivity contribution in [3.8, 4) is 0 Å². The van der Waals surface area contributed by atoms with Crippen LogP contribution in [0, 0.1) is 5.82 Å². The average molecular weight is 265 g/mol. The van der Waals surface area contributed by atoms with E-state index in [-0.39, 0.29) is 17.8 Å². The molecule has 1 aliphatic rings. The Kier molecular flexibility index (Phi) is 3.90. The number of halogens is 1. The van der Waals surface area contributed by atoms with Crippen molar-refractivity contribution in [1.29, 1.82) is 0 Å². The van der Waals surface area contributed by atoms with Gasteiger partial charge in [0.25, 0.3) is 0 Å². The highest BCUT2D eigenvalue weighted by Crippen LogP contribution is 2.39. The maximum atomic E-state index is 13.8. The van der Waals surface area contributed by atoms with E-state index in [0.717, 1.165) is 5.56 Å². The van der Waals surface area contributed by atoms with Crippen LogP contribution >= 0.6 is 0 Å². The molecule has 0 bridgehead atoms. The van der Waals surface area contributed by atoms with Crippen LogP contribution in [0.3, 0.4) is 0 Å². The highest BCUT2D eigenvalue weighted by atomic mass is 19.1. The van der Waals surface area contributed by atoms with E-state index in [0.29, 0.717) is 25.0 Å². The third-order valence-electron chi connectivity index (χ3n) is 3.49. The smallest absolute Gasteiger partial charge is 0.331 e. The predicted octanol–water partition coefficient (Wildman–Crippen LogP) is 2.53. The summed E-state index contributed by atoms with van der Waals surface area (Å²) in [6, 6.07) is 5.02. The molecule has 0 saturated heterocycles. The van der Waals surface area contributed by atoms with Crippen molar-refractivity contribution in [2.75, 3.05) is 6.61 Å². The number of rotatable bonds is 4. The van der Waals surface area contributed by atoms with Gasteiger partial charge in [0.2, 0.25) is 0 Å². The van der Waals surface area contributed by atoms with Crippen molar-refractivity contribution < 1.29 is 13.9 Å². The maximum Gasteiger partial charge on any atom is 0.331 e. The maximum absolute atomic E-state index is 13.8. The number of benzene rings is 1. The second kappa shape index (κ2) is 5.29. The van der Waals surface area contributed by atoms with Crippen LogP contribution in [0.2, 0.25) is 0 Å². The van der Waals surface area contributed by atoms with E-state index in [1.165, 1.54) is 6.07 Å². The lowest BCUT2D eigenvalue weighted by Crippen LogP contribution is -2.51. The predicted molar refractivity (Wildman–Crippen MR) is 71.3 cm³/mol. The van der Waals surface area contributed by atoms with Gasteiger partial charge in [-0.3, -0.25) is 5.32 Å². The first-order valence-electron chi connectivity index (χ1n) is 6.74. The van der Waals surface area contributed by atoms with Crippen molar-refractivity contribution in [2.45, 2.75) is 45.2 Å². The fourth-order valence-corrected chi connectivity index (χ4v) is 2.83. The molecule has 1 atom stereocenters. The SMILES string of the molecule is CCOC(=O)C1(NC(C)C)CCc2c(F)cccc21. The van der Waals surface area contributed by atoms with Crippen LogP contribution in [-0.4, -0.2) is 18.6 Å². The molecule has 1 unspecified atom stereocenters. The zero-order chi connectivity index (χ0) is 14.0. The summed E-state index contributed by atoms with van der Waals surface area (Å²) in [4.78, 5) is 12.4. The number of carbonyl (C=O) groups is 1. The van der Waals surface area contributed by atoms with E-state index < -0.39 is 5.54 Å². The first-order chi connectivity index (χ1) is 9.01. The van der Waals surface area contributed by atoms with Gasteiger partial charge in [-0.05, 0) is 50.8 Å². The third-order valence-corrected chi connectivity index (χ3v) is 3.49. The van der Waals surface area contributed by atoms with Crippen LogP contribution in [0.4, 0.5) is 4.39 Å². The molecule has 0 aliphatic heterocycles. The topological polar surface area (TPSA) is 38.3 Å². The molecule has 3 nitrogen and oxygen atoms in total. The molecule has 0 amide bonds. The minimum absolute atomic E-state index is 0.110. The van der Waals surface area contributed by atoms with Gasteiger partial charge in [0.1, 0.15) is 11.4 Å². The monoisotopic (exact) mass is 265 g/mol. The number of esters is 1. The van der Waals surface area contributed by atoms with Crippen molar-refractivity contribution in [3.63, 3.8) is 0 Å². The summed E-state index contributed by atoms with van der Waals surface area (Å²) in [5, 5.41) is 3.28. The molecule has 0 spiro atoms. The lowest BCUT2D eigenvalue weighted by atomic mass is 9.90. The Bertz CT molecular complexity index is 487. The zero-order valence-corrected chi connectivity index (χ0v) is 11.6. The molecule has 0 saturated carbocycles. The molecular weight excluding hydrogens is 245 g/mol. The van der Waals surface area contributed by atoms with E-state index in [1.807, 2.05) is 19.9 Å². The van der Waals surface area contributed by atoms with Gasteiger partial charge in [-0.25, -0.2) is 9.18 Å². The second-order valence-electron chi connectivity index (χ2n) is 5.19. The highest BCUT2D eigenvalue weighted by Gasteiger charge is 2.47. The van der Waals surface area contributed by atoms with Gasteiger partial charge in [-0.2, -0.15) is 0 Å². The van der Waals surface area contributed by atoms with Gasteiger partial charge < -0.3 is 4.74 Å². The largest absolute Gasteiger partial charge is 0.464 e. The van der Waals surface area contributed by atoms with E-state index in [1.54, 1.807) is 13.0 Å². The number of hydrogen-bond donors (Lipinski definition) is 1. The Balaban J connectivity index is 2.48. The minimum Gasteiger partial charge on any atom is -0.464 e. The molecule has 0 fully saturated rings. The van der Waals surface area contributed by atoms with Crippen LogP contribution in [0.15, 0.2) is 18.2 Å². The molecule has 2 rings (SSSR count). The molecule has 1 N–H and O–H groups in total. The molecule has 104 valence electrons. The molecular formula is C15H20FNO2. The first-order valence-corrected chi connectivity index (χ1v) is 6.74. The molecule has 4 heteroatoms. The van der Waals surface area contributed by atoms with E-state index in [4.69, 9.17) is 4.74 Å². The Labute approximate surface area is 113 Å². The van der Waals surface area contributed by atoms with Gasteiger partial charge >= 0.3 is 5.97 Å². The van der Waals surface area contributed by atoms with Crippen LogP contribution in [0.5, 0.6) is 0 Å². The number of carbonyl (C=O) groups excluding carboxylic acids is 1. The van der Waals surface area contributed by atoms with Crippen molar-refractivity contribution in [1.82, 2.24) is 5.32 Å². The van der Waals surface area contributed by atoms with Gasteiger partial charge in [-0.15, -0.1) is 0 Å². The Morgan fingerprint density at radius 1 is 1.53 bits per heavy atom. The van der Waals surface area contributed by atoms with Crippen LogP contribution in [-0.2, 0) is 21.5 Å². The standard InChI is InChI=1S/C15H20FNO2/c1-4-19-14(18)15(17-10(2)3)9-8-11-12(15)6-5-7-13(11)16/h5-7,10,17H,4,8-9H2,1-3H3.